The van der Waals surface area contributed by atoms with Crippen molar-refractivity contribution in [3.8, 4) is 0 Å². The number of hydrogen-bond acceptors (Lipinski definition) is 0. The van der Waals surface area contributed by atoms with Crippen LogP contribution in [0.1, 0.15) is 34.1 Å². The molecule has 0 amide bonds. The molecular formula is C13H18. The minimum atomic E-state index is 0.712. The molecular weight excluding hydrogens is 156 g/mol. The van der Waals surface area contributed by atoms with E-state index in [4.69, 9.17) is 0 Å². The Hall–Kier alpha value is -0.780. The minimum Gasteiger partial charge on any atom is -0.0873 e. The first-order chi connectivity index (χ1) is 6.13. The fourth-order valence-electron chi connectivity index (χ4n) is 2.66. The van der Waals surface area contributed by atoms with Crippen molar-refractivity contribution in [1.29, 1.82) is 0 Å². The average Bonchev–Trinajstić information content (AvgIpc) is 2.59. The van der Waals surface area contributed by atoms with Gasteiger partial charge in [-0.15, -0.1) is 0 Å². The number of hydrogen-bond donors (Lipinski definition) is 0. The molecule has 2 rings (SSSR count). The fraction of sp³-hybridized carbons (Fsp3) is 0.538. The van der Waals surface area contributed by atoms with Gasteiger partial charge < -0.3 is 0 Å². The molecule has 2 unspecified atom stereocenters. The summed E-state index contributed by atoms with van der Waals surface area (Å²) in [4.78, 5) is 0. The standard InChI is InChI=1S/C13H18/c1-8-9(2)11(4)13-7-5-6-12(13)10(8)3/h5-6,12-13H,7H2,1-4H3. The summed E-state index contributed by atoms with van der Waals surface area (Å²) in [5.74, 6) is 1.49. The highest BCUT2D eigenvalue weighted by Gasteiger charge is 2.30. The van der Waals surface area contributed by atoms with E-state index in [1.807, 2.05) is 0 Å². The van der Waals surface area contributed by atoms with Crippen LogP contribution in [0, 0.1) is 11.8 Å². The van der Waals surface area contributed by atoms with Crippen molar-refractivity contribution < 1.29 is 0 Å². The van der Waals surface area contributed by atoms with Crippen LogP contribution in [0.15, 0.2) is 34.4 Å². The molecule has 0 aromatic carbocycles. The SMILES string of the molecule is CC1=C(C)C2C=CCC2C(C)=C1C. The summed E-state index contributed by atoms with van der Waals surface area (Å²) < 4.78 is 0. The molecule has 0 saturated heterocycles. The predicted molar refractivity (Wildman–Crippen MR) is 57.5 cm³/mol. The molecule has 0 aromatic rings. The summed E-state index contributed by atoms with van der Waals surface area (Å²) >= 11 is 0. The van der Waals surface area contributed by atoms with E-state index in [0.29, 0.717) is 5.92 Å². The predicted octanol–water partition coefficient (Wildman–Crippen LogP) is 3.87. The molecule has 2 aliphatic rings. The molecule has 0 nitrogen and oxygen atoms in total. The van der Waals surface area contributed by atoms with Gasteiger partial charge in [0.2, 0.25) is 0 Å². The molecule has 0 fully saturated rings. The number of allylic oxidation sites excluding steroid dienone is 6. The van der Waals surface area contributed by atoms with E-state index in [9.17, 15) is 0 Å². The monoisotopic (exact) mass is 174 g/mol. The Morgan fingerprint density at radius 1 is 1.00 bits per heavy atom. The third-order valence-corrected chi connectivity index (χ3v) is 3.97. The average molecular weight is 174 g/mol. The zero-order valence-electron chi connectivity index (χ0n) is 9.02. The van der Waals surface area contributed by atoms with E-state index >= 15 is 0 Å². The van der Waals surface area contributed by atoms with E-state index in [2.05, 4.69) is 39.8 Å². The van der Waals surface area contributed by atoms with Crippen LogP contribution in [0.4, 0.5) is 0 Å². The minimum absolute atomic E-state index is 0.712. The highest BCUT2D eigenvalue weighted by Crippen LogP contribution is 2.43. The lowest BCUT2D eigenvalue weighted by molar-refractivity contribution is 0.525. The first kappa shape index (κ1) is 8.80. The Morgan fingerprint density at radius 3 is 2.31 bits per heavy atom. The number of fused-ring (bicyclic) bond motifs is 1. The normalized spacial score (nSPS) is 32.9. The van der Waals surface area contributed by atoms with Crippen molar-refractivity contribution in [2.45, 2.75) is 34.1 Å². The van der Waals surface area contributed by atoms with Gasteiger partial charge in [-0.2, -0.15) is 0 Å². The van der Waals surface area contributed by atoms with Gasteiger partial charge in [0.15, 0.2) is 0 Å². The van der Waals surface area contributed by atoms with Crippen LogP contribution in [-0.2, 0) is 0 Å². The van der Waals surface area contributed by atoms with Gasteiger partial charge in [0.1, 0.15) is 0 Å². The van der Waals surface area contributed by atoms with Gasteiger partial charge in [0, 0.05) is 5.92 Å². The van der Waals surface area contributed by atoms with Crippen molar-refractivity contribution >= 4 is 0 Å². The lowest BCUT2D eigenvalue weighted by Gasteiger charge is -2.30. The van der Waals surface area contributed by atoms with Crippen LogP contribution in [0.2, 0.25) is 0 Å². The molecule has 70 valence electrons. The lowest BCUT2D eigenvalue weighted by Crippen LogP contribution is -2.18. The quantitative estimate of drug-likeness (QED) is 0.489. The largest absolute Gasteiger partial charge is 0.0873 e. The maximum atomic E-state index is 2.39. The summed E-state index contributed by atoms with van der Waals surface area (Å²) in [6.45, 7) is 9.12. The molecule has 0 saturated carbocycles. The zero-order valence-corrected chi connectivity index (χ0v) is 9.02. The summed E-state index contributed by atoms with van der Waals surface area (Å²) in [6.07, 6.45) is 5.98. The molecule has 0 spiro atoms. The molecule has 0 aromatic heterocycles. The summed E-state index contributed by atoms with van der Waals surface area (Å²) in [7, 11) is 0. The third-order valence-electron chi connectivity index (χ3n) is 3.97. The Labute approximate surface area is 81.0 Å². The topological polar surface area (TPSA) is 0 Å². The van der Waals surface area contributed by atoms with Crippen molar-refractivity contribution in [3.63, 3.8) is 0 Å². The lowest BCUT2D eigenvalue weighted by atomic mass is 9.75. The van der Waals surface area contributed by atoms with Crippen LogP contribution < -0.4 is 0 Å². The summed E-state index contributed by atoms with van der Waals surface area (Å²) in [5.41, 5.74) is 6.24. The molecule has 13 heavy (non-hydrogen) atoms. The van der Waals surface area contributed by atoms with Crippen LogP contribution >= 0.6 is 0 Å². The van der Waals surface area contributed by atoms with E-state index in [-0.39, 0.29) is 0 Å². The van der Waals surface area contributed by atoms with Crippen molar-refractivity contribution in [3.05, 3.63) is 34.4 Å². The van der Waals surface area contributed by atoms with Crippen molar-refractivity contribution in [2.75, 3.05) is 0 Å². The highest BCUT2D eigenvalue weighted by molar-refractivity contribution is 5.44. The Balaban J connectivity index is 2.51. The van der Waals surface area contributed by atoms with Gasteiger partial charge in [-0.25, -0.2) is 0 Å². The molecule has 0 heterocycles. The maximum Gasteiger partial charge on any atom is 0.00484 e. The van der Waals surface area contributed by atoms with Gasteiger partial charge in [0.05, 0.1) is 0 Å². The molecule has 0 N–H and O–H groups in total. The zero-order chi connectivity index (χ0) is 9.59. The van der Waals surface area contributed by atoms with Crippen molar-refractivity contribution in [2.24, 2.45) is 11.8 Å². The van der Waals surface area contributed by atoms with Gasteiger partial charge in [-0.1, -0.05) is 23.3 Å². The van der Waals surface area contributed by atoms with Crippen LogP contribution in [0.5, 0.6) is 0 Å². The second-order valence-electron chi connectivity index (χ2n) is 4.41. The number of rotatable bonds is 0. The molecule has 0 aliphatic heterocycles. The third kappa shape index (κ3) is 1.12. The molecule has 2 aliphatic carbocycles. The Kier molecular flexibility index (Phi) is 1.94. The first-order valence-corrected chi connectivity index (χ1v) is 5.14. The van der Waals surface area contributed by atoms with Gasteiger partial charge in [-0.3, -0.25) is 0 Å². The second kappa shape index (κ2) is 2.87. The molecule has 0 heteroatoms. The van der Waals surface area contributed by atoms with Gasteiger partial charge in [-0.05, 0) is 51.2 Å². The molecule has 0 radical (unpaired) electrons. The molecule has 2 atom stereocenters. The first-order valence-electron chi connectivity index (χ1n) is 5.14. The highest BCUT2D eigenvalue weighted by atomic mass is 14.3. The summed E-state index contributed by atoms with van der Waals surface area (Å²) in [6, 6.07) is 0. The Morgan fingerprint density at radius 2 is 1.62 bits per heavy atom. The van der Waals surface area contributed by atoms with Crippen molar-refractivity contribution in [1.82, 2.24) is 0 Å². The van der Waals surface area contributed by atoms with Gasteiger partial charge in [0.25, 0.3) is 0 Å². The maximum absolute atomic E-state index is 2.39. The van der Waals surface area contributed by atoms with E-state index in [1.165, 1.54) is 17.6 Å². The van der Waals surface area contributed by atoms with Crippen LogP contribution in [-0.4, -0.2) is 0 Å². The second-order valence-corrected chi connectivity index (χ2v) is 4.41. The van der Waals surface area contributed by atoms with Crippen LogP contribution in [0.3, 0.4) is 0 Å². The van der Waals surface area contributed by atoms with Crippen LogP contribution in [0.25, 0.3) is 0 Å². The van der Waals surface area contributed by atoms with E-state index < -0.39 is 0 Å². The fourth-order valence-corrected chi connectivity index (χ4v) is 2.66. The van der Waals surface area contributed by atoms with E-state index in [0.717, 1.165) is 5.92 Å². The Bertz CT molecular complexity index is 326. The smallest absolute Gasteiger partial charge is 0.00484 e. The summed E-state index contributed by atoms with van der Waals surface area (Å²) in [5, 5.41) is 0. The van der Waals surface area contributed by atoms with E-state index in [1.54, 1.807) is 11.1 Å². The van der Waals surface area contributed by atoms with Gasteiger partial charge >= 0.3 is 0 Å². The molecule has 0 bridgehead atoms.